The van der Waals surface area contributed by atoms with Gasteiger partial charge in [-0.25, -0.2) is 8.42 Å². The Morgan fingerprint density at radius 3 is 2.23 bits per heavy atom. The molecule has 1 amide bonds. The van der Waals surface area contributed by atoms with Gasteiger partial charge >= 0.3 is 0 Å². The summed E-state index contributed by atoms with van der Waals surface area (Å²) in [5.74, 6) is 2.82. The Hall–Kier alpha value is -2.98. The third kappa shape index (κ3) is 6.97. The van der Waals surface area contributed by atoms with E-state index in [0.717, 1.165) is 50.0 Å². The van der Waals surface area contributed by atoms with Crippen molar-refractivity contribution < 1.29 is 32.2 Å². The van der Waals surface area contributed by atoms with Gasteiger partial charge in [0, 0.05) is 25.7 Å². The van der Waals surface area contributed by atoms with Gasteiger partial charge in [0.1, 0.15) is 0 Å². The molecule has 0 radical (unpaired) electrons. The Kier molecular flexibility index (Phi) is 9.61. The summed E-state index contributed by atoms with van der Waals surface area (Å²) >= 11 is 0. The molecule has 1 unspecified atom stereocenters. The van der Waals surface area contributed by atoms with Gasteiger partial charge in [-0.3, -0.25) is 4.79 Å². The summed E-state index contributed by atoms with van der Waals surface area (Å²) in [6, 6.07) is 8.62. The number of carbonyl (C=O) groups excluding carboxylic acids is 1. The highest BCUT2D eigenvalue weighted by atomic mass is 32.2. The largest absolute Gasteiger partial charge is 0.493 e. The van der Waals surface area contributed by atoms with E-state index >= 15 is 0 Å². The molecular weight excluding hydrogens is 520 g/mol. The number of nitrogens with zero attached hydrogens (tertiary/aromatic N) is 2. The van der Waals surface area contributed by atoms with Gasteiger partial charge in [-0.2, -0.15) is 0 Å². The van der Waals surface area contributed by atoms with Crippen molar-refractivity contribution in [3.63, 3.8) is 0 Å². The van der Waals surface area contributed by atoms with Crippen molar-refractivity contribution in [1.29, 1.82) is 0 Å². The lowest BCUT2D eigenvalue weighted by molar-refractivity contribution is -0.131. The summed E-state index contributed by atoms with van der Waals surface area (Å²) in [5, 5.41) is 0. The zero-order valence-electron chi connectivity index (χ0n) is 23.4. The summed E-state index contributed by atoms with van der Waals surface area (Å²) < 4.78 is 47.2. The number of hydrogen-bond acceptors (Lipinski definition) is 8. The highest BCUT2D eigenvalue weighted by Crippen LogP contribution is 2.33. The van der Waals surface area contributed by atoms with Crippen LogP contribution in [0.15, 0.2) is 35.2 Å². The summed E-state index contributed by atoms with van der Waals surface area (Å²) in [6.45, 7) is 3.94. The molecule has 2 heterocycles. The second kappa shape index (κ2) is 12.9. The summed E-state index contributed by atoms with van der Waals surface area (Å²) in [5.41, 5.74) is 2.13. The number of methoxy groups -OCH3 is 4. The molecule has 1 saturated heterocycles. The SMILES string of the molecule is COc1ccc(S(=O)(=O)CCCN2CCCC(CN3CCc4cc(OC)c(OC)cc4CC3=O)C2)cc1OC. The number of fused-ring (bicyclic) bond motifs is 1. The monoisotopic (exact) mass is 560 g/mol. The van der Waals surface area contributed by atoms with E-state index in [0.29, 0.717) is 54.8 Å². The van der Waals surface area contributed by atoms with Crippen LogP contribution in [0.1, 0.15) is 30.4 Å². The maximum atomic E-state index is 13.1. The fraction of sp³-hybridized carbons (Fsp3) is 0.552. The second-order valence-corrected chi connectivity index (χ2v) is 12.3. The van der Waals surface area contributed by atoms with Crippen LogP contribution in [-0.2, 0) is 27.5 Å². The third-order valence-electron chi connectivity index (χ3n) is 7.73. The highest BCUT2D eigenvalue weighted by Gasteiger charge is 2.28. The molecule has 2 aromatic rings. The molecule has 39 heavy (non-hydrogen) atoms. The Bertz CT molecular complexity index is 1260. The van der Waals surface area contributed by atoms with Crippen LogP contribution in [0.4, 0.5) is 0 Å². The van der Waals surface area contributed by atoms with Gasteiger partial charge in [0.05, 0.1) is 45.5 Å². The van der Waals surface area contributed by atoms with Crippen LogP contribution in [0.5, 0.6) is 23.0 Å². The molecule has 0 N–H and O–H groups in total. The Morgan fingerprint density at radius 2 is 1.54 bits per heavy atom. The highest BCUT2D eigenvalue weighted by molar-refractivity contribution is 7.91. The van der Waals surface area contributed by atoms with E-state index in [4.69, 9.17) is 18.9 Å². The number of rotatable bonds is 11. The molecule has 4 rings (SSSR count). The van der Waals surface area contributed by atoms with Gasteiger partial charge in [0.2, 0.25) is 5.91 Å². The molecule has 10 heteroatoms. The van der Waals surface area contributed by atoms with E-state index < -0.39 is 9.84 Å². The summed E-state index contributed by atoms with van der Waals surface area (Å²) in [7, 11) is 2.81. The first-order chi connectivity index (χ1) is 18.8. The molecule has 0 aromatic heterocycles. The minimum atomic E-state index is -3.44. The molecule has 0 bridgehead atoms. The van der Waals surface area contributed by atoms with Crippen molar-refractivity contribution in [2.45, 2.75) is 37.0 Å². The van der Waals surface area contributed by atoms with E-state index in [1.807, 2.05) is 17.0 Å². The lowest BCUT2D eigenvalue weighted by Gasteiger charge is -2.35. The van der Waals surface area contributed by atoms with Crippen molar-refractivity contribution in [1.82, 2.24) is 9.80 Å². The maximum Gasteiger partial charge on any atom is 0.227 e. The van der Waals surface area contributed by atoms with Crippen LogP contribution in [0.2, 0.25) is 0 Å². The average molecular weight is 561 g/mol. The Balaban J connectivity index is 1.30. The number of hydrogen-bond donors (Lipinski definition) is 0. The molecule has 0 spiro atoms. The molecule has 0 aliphatic carbocycles. The Labute approximate surface area is 231 Å². The van der Waals surface area contributed by atoms with E-state index in [-0.39, 0.29) is 16.6 Å². The number of ether oxygens (including phenoxy) is 4. The molecule has 214 valence electrons. The van der Waals surface area contributed by atoms with Gasteiger partial charge in [0.15, 0.2) is 32.8 Å². The first-order valence-corrected chi connectivity index (χ1v) is 15.1. The number of amides is 1. The molecule has 1 atom stereocenters. The fourth-order valence-corrected chi connectivity index (χ4v) is 6.94. The number of carbonyl (C=O) groups is 1. The normalized spacial score (nSPS) is 18.3. The topological polar surface area (TPSA) is 94.6 Å². The van der Waals surface area contributed by atoms with Gasteiger partial charge in [-0.05, 0) is 80.1 Å². The first kappa shape index (κ1) is 29.0. The molecule has 2 aromatic carbocycles. The smallest absolute Gasteiger partial charge is 0.227 e. The van der Waals surface area contributed by atoms with Gasteiger partial charge in [0.25, 0.3) is 0 Å². The Morgan fingerprint density at radius 1 is 0.872 bits per heavy atom. The van der Waals surface area contributed by atoms with Crippen LogP contribution < -0.4 is 18.9 Å². The van der Waals surface area contributed by atoms with Crippen LogP contribution in [0.25, 0.3) is 0 Å². The van der Waals surface area contributed by atoms with Gasteiger partial charge < -0.3 is 28.7 Å². The van der Waals surface area contributed by atoms with E-state index in [2.05, 4.69) is 4.90 Å². The van der Waals surface area contributed by atoms with Crippen LogP contribution in [0, 0.1) is 5.92 Å². The number of piperidine rings is 1. The van der Waals surface area contributed by atoms with Crippen LogP contribution in [0.3, 0.4) is 0 Å². The predicted octanol–water partition coefficient (Wildman–Crippen LogP) is 3.22. The first-order valence-electron chi connectivity index (χ1n) is 13.5. The lowest BCUT2D eigenvalue weighted by Crippen LogP contribution is -2.43. The van der Waals surface area contributed by atoms with Crippen molar-refractivity contribution in [3.05, 3.63) is 41.5 Å². The summed E-state index contributed by atoms with van der Waals surface area (Å²) in [6.07, 6.45) is 3.81. The molecule has 2 aliphatic rings. The van der Waals surface area contributed by atoms with E-state index in [9.17, 15) is 13.2 Å². The second-order valence-electron chi connectivity index (χ2n) is 10.2. The zero-order chi connectivity index (χ0) is 28.0. The number of benzene rings is 2. The van der Waals surface area contributed by atoms with Crippen molar-refractivity contribution in [3.8, 4) is 23.0 Å². The molecule has 0 saturated carbocycles. The zero-order valence-corrected chi connectivity index (χ0v) is 24.2. The molecular formula is C29H40N2O7S. The fourth-order valence-electron chi connectivity index (χ4n) is 5.63. The predicted molar refractivity (Wildman–Crippen MR) is 149 cm³/mol. The molecule has 2 aliphatic heterocycles. The van der Waals surface area contributed by atoms with Gasteiger partial charge in [-0.1, -0.05) is 0 Å². The third-order valence-corrected chi connectivity index (χ3v) is 9.53. The minimum Gasteiger partial charge on any atom is -0.493 e. The lowest BCUT2D eigenvalue weighted by atomic mass is 9.97. The quantitative estimate of drug-likeness (QED) is 0.414. The molecule has 1 fully saturated rings. The number of likely N-dealkylation sites (tertiary alicyclic amines) is 1. The van der Waals surface area contributed by atoms with Crippen LogP contribution in [-0.4, -0.2) is 91.0 Å². The van der Waals surface area contributed by atoms with Gasteiger partial charge in [-0.15, -0.1) is 0 Å². The van der Waals surface area contributed by atoms with E-state index in [1.54, 1.807) is 26.4 Å². The number of sulfone groups is 1. The van der Waals surface area contributed by atoms with Crippen molar-refractivity contribution >= 4 is 15.7 Å². The summed E-state index contributed by atoms with van der Waals surface area (Å²) in [4.78, 5) is 17.7. The standard InChI is InChI=1S/C29H40N2O7S/c1-35-25-9-8-24(18-28(25)38-4)39(33,34)14-6-12-30-11-5-7-21(19-30)20-31-13-10-22-15-26(36-2)27(37-3)16-23(22)17-29(31)32/h8-9,15-16,18,21H,5-7,10-14,17,19-20H2,1-4H3. The van der Waals surface area contributed by atoms with E-state index in [1.165, 1.54) is 20.3 Å². The van der Waals surface area contributed by atoms with Crippen molar-refractivity contribution in [2.24, 2.45) is 5.92 Å². The van der Waals surface area contributed by atoms with Crippen molar-refractivity contribution in [2.75, 3.05) is 66.9 Å². The van der Waals surface area contributed by atoms with Crippen LogP contribution >= 0.6 is 0 Å². The molecule has 9 nitrogen and oxygen atoms in total. The average Bonchev–Trinajstić information content (AvgIpc) is 3.09. The maximum absolute atomic E-state index is 13.1. The minimum absolute atomic E-state index is 0.0689.